The van der Waals surface area contributed by atoms with Crippen LogP contribution in [-0.4, -0.2) is 25.0 Å². The number of aryl methyl sites for hydroxylation is 1. The van der Waals surface area contributed by atoms with E-state index >= 15 is 0 Å². The quantitative estimate of drug-likeness (QED) is 0.854. The summed E-state index contributed by atoms with van der Waals surface area (Å²) in [5.41, 5.74) is 7.67. The Morgan fingerprint density at radius 2 is 2.07 bits per heavy atom. The lowest BCUT2D eigenvalue weighted by molar-refractivity contribution is 0.649. The molecule has 0 radical (unpaired) electrons. The van der Waals surface area contributed by atoms with Crippen molar-refractivity contribution in [2.75, 3.05) is 0 Å². The second kappa shape index (κ2) is 4.03. The smallest absolute Gasteiger partial charge is 0.153 e. The van der Waals surface area contributed by atoms with Crippen LogP contribution in [0.5, 0.6) is 0 Å². The number of nitrogens with zero attached hydrogens (tertiary/aromatic N) is 5. The minimum absolute atomic E-state index is 0.333. The first-order valence-electron chi connectivity index (χ1n) is 4.25. The van der Waals surface area contributed by atoms with E-state index in [1.54, 1.807) is 24.1 Å². The summed E-state index contributed by atoms with van der Waals surface area (Å²) in [5.74, 6) is 0. The Morgan fingerprint density at radius 1 is 1.40 bits per heavy atom. The van der Waals surface area contributed by atoms with Crippen LogP contribution in [0.3, 0.4) is 0 Å². The summed E-state index contributed by atoms with van der Waals surface area (Å²) in [5, 5.41) is 7.73. The maximum atomic E-state index is 6.05. The Kier molecular flexibility index (Phi) is 2.74. The predicted molar refractivity (Wildman–Crippen MR) is 56.8 cm³/mol. The molecule has 0 aliphatic rings. The minimum atomic E-state index is -0.333. The molecule has 2 rings (SSSR count). The summed E-state index contributed by atoms with van der Waals surface area (Å²) >= 11 is 3.30. The van der Waals surface area contributed by atoms with Crippen molar-refractivity contribution in [1.29, 1.82) is 0 Å². The van der Waals surface area contributed by atoms with Gasteiger partial charge in [-0.1, -0.05) is 5.21 Å². The van der Waals surface area contributed by atoms with E-state index in [-0.39, 0.29) is 6.04 Å². The second-order valence-corrected chi connectivity index (χ2v) is 3.79. The van der Waals surface area contributed by atoms with Gasteiger partial charge < -0.3 is 5.73 Å². The van der Waals surface area contributed by atoms with Gasteiger partial charge in [0.25, 0.3) is 0 Å². The zero-order valence-corrected chi connectivity index (χ0v) is 9.59. The molecular weight excluding hydrogens is 260 g/mol. The van der Waals surface area contributed by atoms with Crippen LogP contribution in [0.25, 0.3) is 0 Å². The first kappa shape index (κ1) is 10.2. The van der Waals surface area contributed by atoms with E-state index in [0.717, 1.165) is 11.3 Å². The Labute approximate surface area is 94.7 Å². The molecule has 15 heavy (non-hydrogen) atoms. The third-order valence-corrected chi connectivity index (χ3v) is 2.63. The molecule has 0 aromatic carbocycles. The lowest BCUT2D eigenvalue weighted by Gasteiger charge is -2.10. The predicted octanol–water partition coefficient (Wildman–Crippen LogP) is 0.416. The number of hydrogen-bond acceptors (Lipinski definition) is 5. The van der Waals surface area contributed by atoms with Crippen molar-refractivity contribution < 1.29 is 0 Å². The summed E-state index contributed by atoms with van der Waals surface area (Å²) in [4.78, 5) is 7.84. The third kappa shape index (κ3) is 1.88. The zero-order valence-electron chi connectivity index (χ0n) is 8.00. The van der Waals surface area contributed by atoms with Crippen LogP contribution in [0.1, 0.15) is 17.3 Å². The summed E-state index contributed by atoms with van der Waals surface area (Å²) in [6, 6.07) is -0.333. The molecule has 0 amide bonds. The van der Waals surface area contributed by atoms with Gasteiger partial charge in [-0.3, -0.25) is 0 Å². The highest BCUT2D eigenvalue weighted by Crippen LogP contribution is 2.23. The van der Waals surface area contributed by atoms with Crippen LogP contribution >= 0.6 is 15.9 Å². The van der Waals surface area contributed by atoms with Gasteiger partial charge in [0.15, 0.2) is 4.60 Å². The topological polar surface area (TPSA) is 82.5 Å². The fourth-order valence-corrected chi connectivity index (χ4v) is 1.87. The molecule has 2 aromatic rings. The van der Waals surface area contributed by atoms with Crippen molar-refractivity contribution in [2.24, 2.45) is 12.8 Å². The molecule has 7 heteroatoms. The van der Waals surface area contributed by atoms with Gasteiger partial charge in [-0.2, -0.15) is 0 Å². The molecule has 2 heterocycles. The standard InChI is InChI=1S/C8H9BrN6/c1-15-7(8(9)13-14-15)6(10)5-2-11-4-12-3-5/h2-4,6H,10H2,1H3. The molecule has 78 valence electrons. The number of halogens is 1. The molecule has 2 aromatic heterocycles. The minimum Gasteiger partial charge on any atom is -0.319 e. The first-order valence-corrected chi connectivity index (χ1v) is 5.05. The van der Waals surface area contributed by atoms with Crippen LogP contribution in [0.2, 0.25) is 0 Å². The maximum Gasteiger partial charge on any atom is 0.153 e. The molecule has 6 nitrogen and oxygen atoms in total. The summed E-state index contributed by atoms with van der Waals surface area (Å²) in [6.45, 7) is 0. The fourth-order valence-electron chi connectivity index (χ4n) is 1.30. The van der Waals surface area contributed by atoms with Gasteiger partial charge in [-0.05, 0) is 15.9 Å². The maximum absolute atomic E-state index is 6.05. The van der Waals surface area contributed by atoms with E-state index in [1.807, 2.05) is 0 Å². The average Bonchev–Trinajstić information content (AvgIpc) is 2.59. The van der Waals surface area contributed by atoms with Gasteiger partial charge >= 0.3 is 0 Å². The van der Waals surface area contributed by atoms with Crippen molar-refractivity contribution in [3.05, 3.63) is 34.6 Å². The van der Waals surface area contributed by atoms with Crippen molar-refractivity contribution in [3.63, 3.8) is 0 Å². The average molecular weight is 269 g/mol. The van der Waals surface area contributed by atoms with Gasteiger partial charge in [0.1, 0.15) is 6.33 Å². The zero-order chi connectivity index (χ0) is 10.8. The molecule has 1 atom stereocenters. The van der Waals surface area contributed by atoms with Crippen LogP contribution in [0.4, 0.5) is 0 Å². The van der Waals surface area contributed by atoms with Gasteiger partial charge in [0.2, 0.25) is 0 Å². The van der Waals surface area contributed by atoms with Gasteiger partial charge in [-0.15, -0.1) is 5.10 Å². The van der Waals surface area contributed by atoms with Crippen LogP contribution < -0.4 is 5.73 Å². The highest BCUT2D eigenvalue weighted by Gasteiger charge is 2.18. The molecule has 0 fully saturated rings. The SMILES string of the molecule is Cn1nnc(Br)c1C(N)c1cncnc1. The lowest BCUT2D eigenvalue weighted by atomic mass is 10.1. The Bertz CT molecular complexity index is 434. The number of aromatic nitrogens is 5. The van der Waals surface area contributed by atoms with E-state index < -0.39 is 0 Å². The normalized spacial score (nSPS) is 12.7. The summed E-state index contributed by atoms with van der Waals surface area (Å²) in [6.07, 6.45) is 4.82. The first-order chi connectivity index (χ1) is 7.20. The molecule has 1 unspecified atom stereocenters. The van der Waals surface area contributed by atoms with E-state index in [1.165, 1.54) is 6.33 Å². The third-order valence-electron chi connectivity index (χ3n) is 2.06. The lowest BCUT2D eigenvalue weighted by Crippen LogP contribution is -2.16. The van der Waals surface area contributed by atoms with Crippen LogP contribution in [0, 0.1) is 0 Å². The van der Waals surface area contributed by atoms with E-state index in [4.69, 9.17) is 5.73 Å². The highest BCUT2D eigenvalue weighted by molar-refractivity contribution is 9.10. The fraction of sp³-hybridized carbons (Fsp3) is 0.250. The molecule has 0 bridgehead atoms. The van der Waals surface area contributed by atoms with Crippen molar-refractivity contribution in [3.8, 4) is 0 Å². The summed E-state index contributed by atoms with van der Waals surface area (Å²) in [7, 11) is 1.79. The molecule has 0 aliphatic heterocycles. The molecule has 0 aliphatic carbocycles. The van der Waals surface area contributed by atoms with Gasteiger partial charge in [-0.25, -0.2) is 14.6 Å². The molecule has 0 saturated heterocycles. The number of rotatable bonds is 2. The Morgan fingerprint density at radius 3 is 2.60 bits per heavy atom. The molecular formula is C8H9BrN6. The number of hydrogen-bond donors (Lipinski definition) is 1. The van der Waals surface area contributed by atoms with E-state index in [9.17, 15) is 0 Å². The highest BCUT2D eigenvalue weighted by atomic mass is 79.9. The van der Waals surface area contributed by atoms with Gasteiger partial charge in [0.05, 0.1) is 11.7 Å². The van der Waals surface area contributed by atoms with Crippen LogP contribution in [-0.2, 0) is 7.05 Å². The van der Waals surface area contributed by atoms with Gasteiger partial charge in [0, 0.05) is 25.0 Å². The molecule has 0 spiro atoms. The largest absolute Gasteiger partial charge is 0.319 e. The molecule has 0 saturated carbocycles. The van der Waals surface area contributed by atoms with Crippen molar-refractivity contribution in [1.82, 2.24) is 25.0 Å². The monoisotopic (exact) mass is 268 g/mol. The Balaban J connectivity index is 2.41. The second-order valence-electron chi connectivity index (χ2n) is 3.04. The Hall–Kier alpha value is -1.34. The summed E-state index contributed by atoms with van der Waals surface area (Å²) < 4.78 is 2.27. The van der Waals surface area contributed by atoms with Crippen molar-refractivity contribution >= 4 is 15.9 Å². The van der Waals surface area contributed by atoms with Crippen LogP contribution in [0.15, 0.2) is 23.3 Å². The van der Waals surface area contributed by atoms with Crippen molar-refractivity contribution in [2.45, 2.75) is 6.04 Å². The molecule has 2 N–H and O–H groups in total. The van der Waals surface area contributed by atoms with E-state index in [0.29, 0.717) is 4.60 Å². The number of nitrogens with two attached hydrogens (primary N) is 1. The van der Waals surface area contributed by atoms with E-state index in [2.05, 4.69) is 36.2 Å².